The van der Waals surface area contributed by atoms with Gasteiger partial charge in [0.2, 0.25) is 17.7 Å². The molecule has 1 aliphatic rings. The molecule has 1 fully saturated rings. The predicted octanol–water partition coefficient (Wildman–Crippen LogP) is 3.90. The first-order chi connectivity index (χ1) is 12.7. The normalized spacial score (nSPS) is 19.5. The van der Waals surface area contributed by atoms with Crippen LogP contribution in [0.4, 0.5) is 10.1 Å². The highest BCUT2D eigenvalue weighted by atomic mass is 79.9. The Kier molecular flexibility index (Phi) is 5.35. The monoisotopic (exact) mass is 452 g/mol. The maximum Gasteiger partial charge on any atom is 0.244 e. The largest absolute Gasteiger partial charge is 0.323 e. The molecule has 8 heteroatoms. The molecule has 1 heterocycles. The topological polar surface area (TPSA) is 66.5 Å². The number of likely N-dealkylation sites (tertiary alicyclic amines) is 1. The Bertz CT molecular complexity index is 935. The van der Waals surface area contributed by atoms with Gasteiger partial charge in [0.1, 0.15) is 12.4 Å². The second kappa shape index (κ2) is 7.40. The van der Waals surface area contributed by atoms with Gasteiger partial charge in [0, 0.05) is 10.9 Å². The molecule has 1 N–H and O–H groups in total. The van der Waals surface area contributed by atoms with Gasteiger partial charge in [-0.1, -0.05) is 39.7 Å². The fourth-order valence-corrected chi connectivity index (χ4v) is 3.49. The van der Waals surface area contributed by atoms with Crippen LogP contribution in [0.15, 0.2) is 46.9 Å². The van der Waals surface area contributed by atoms with Crippen LogP contribution >= 0.6 is 27.5 Å². The van der Waals surface area contributed by atoms with E-state index in [1.807, 2.05) is 0 Å². The van der Waals surface area contributed by atoms with Gasteiger partial charge in [0.15, 0.2) is 0 Å². The fraction of sp³-hybridized carbons (Fsp3) is 0.211. The van der Waals surface area contributed by atoms with Crippen molar-refractivity contribution in [2.45, 2.75) is 18.8 Å². The Balaban J connectivity index is 1.75. The van der Waals surface area contributed by atoms with Gasteiger partial charge in [-0.15, -0.1) is 0 Å². The standard InChI is InChI=1S/C19H15BrClFN2O3/c1-19(11-2-4-12(20)5-3-11)9-17(26)24(18(19)27)10-16(25)23-15-7-6-13(22)8-14(15)21/h2-8H,9-10H2,1H3,(H,23,25)/t19-/m1/s1. The van der Waals surface area contributed by atoms with Crippen LogP contribution in [-0.2, 0) is 19.8 Å². The first-order valence-electron chi connectivity index (χ1n) is 8.06. The zero-order chi connectivity index (χ0) is 19.8. The Labute approximate surface area is 168 Å². The minimum atomic E-state index is -1.02. The van der Waals surface area contributed by atoms with Crippen molar-refractivity contribution in [2.75, 3.05) is 11.9 Å². The molecule has 0 aromatic heterocycles. The van der Waals surface area contributed by atoms with Gasteiger partial charge in [-0.25, -0.2) is 4.39 Å². The molecule has 0 bridgehead atoms. The van der Waals surface area contributed by atoms with Crippen molar-refractivity contribution in [2.24, 2.45) is 0 Å². The number of imide groups is 1. The van der Waals surface area contributed by atoms with Gasteiger partial charge < -0.3 is 5.32 Å². The summed E-state index contributed by atoms with van der Waals surface area (Å²) >= 11 is 9.22. The first kappa shape index (κ1) is 19.5. The maximum absolute atomic E-state index is 13.1. The molecule has 1 aliphatic heterocycles. The van der Waals surface area contributed by atoms with Crippen LogP contribution in [0.25, 0.3) is 0 Å². The lowest BCUT2D eigenvalue weighted by molar-refractivity contribution is -0.142. The lowest BCUT2D eigenvalue weighted by atomic mass is 9.81. The molecule has 3 amide bonds. The van der Waals surface area contributed by atoms with Gasteiger partial charge in [-0.2, -0.15) is 0 Å². The van der Waals surface area contributed by atoms with Gasteiger partial charge in [0.25, 0.3) is 0 Å². The van der Waals surface area contributed by atoms with Crippen LogP contribution in [-0.4, -0.2) is 29.2 Å². The average molecular weight is 454 g/mol. The number of anilines is 1. The van der Waals surface area contributed by atoms with Gasteiger partial charge >= 0.3 is 0 Å². The lowest BCUT2D eigenvalue weighted by Gasteiger charge is -2.22. The third kappa shape index (κ3) is 3.89. The highest BCUT2D eigenvalue weighted by Gasteiger charge is 2.49. The number of carbonyl (C=O) groups is 3. The van der Waals surface area contributed by atoms with Crippen LogP contribution in [0.2, 0.25) is 5.02 Å². The van der Waals surface area contributed by atoms with E-state index in [4.69, 9.17) is 11.6 Å². The SMILES string of the molecule is C[C@]1(c2ccc(Br)cc2)CC(=O)N(CC(=O)Nc2ccc(F)cc2Cl)C1=O. The summed E-state index contributed by atoms with van der Waals surface area (Å²) < 4.78 is 13.9. The fourth-order valence-electron chi connectivity index (χ4n) is 3.01. The second-order valence-electron chi connectivity index (χ2n) is 6.47. The molecular weight excluding hydrogens is 439 g/mol. The summed E-state index contributed by atoms with van der Waals surface area (Å²) in [5.41, 5.74) is -0.114. The van der Waals surface area contributed by atoms with E-state index in [2.05, 4.69) is 21.2 Å². The summed E-state index contributed by atoms with van der Waals surface area (Å²) in [5.74, 6) is -1.99. The molecule has 1 atom stereocenters. The number of hydrogen-bond acceptors (Lipinski definition) is 3. The summed E-state index contributed by atoms with van der Waals surface area (Å²) in [6, 6.07) is 10.7. The average Bonchev–Trinajstić information content (AvgIpc) is 2.82. The molecule has 2 aromatic rings. The molecule has 5 nitrogen and oxygen atoms in total. The molecule has 27 heavy (non-hydrogen) atoms. The Hall–Kier alpha value is -2.25. The van der Waals surface area contributed by atoms with E-state index in [9.17, 15) is 18.8 Å². The molecule has 0 unspecified atom stereocenters. The van der Waals surface area contributed by atoms with Crippen molar-refractivity contribution >= 4 is 50.9 Å². The molecule has 1 saturated heterocycles. The summed E-state index contributed by atoms with van der Waals surface area (Å²) in [6.45, 7) is 1.25. The van der Waals surface area contributed by atoms with E-state index < -0.39 is 35.5 Å². The Morgan fingerprint density at radius 2 is 1.93 bits per heavy atom. The molecule has 0 radical (unpaired) electrons. The summed E-state index contributed by atoms with van der Waals surface area (Å²) in [7, 11) is 0. The third-order valence-corrected chi connectivity index (χ3v) is 5.35. The van der Waals surface area contributed by atoms with E-state index in [1.165, 1.54) is 6.07 Å². The highest BCUT2D eigenvalue weighted by molar-refractivity contribution is 9.10. The molecule has 3 rings (SSSR count). The molecule has 0 spiro atoms. The number of amides is 3. The van der Waals surface area contributed by atoms with E-state index in [-0.39, 0.29) is 17.1 Å². The molecule has 0 aliphatic carbocycles. The summed E-state index contributed by atoms with van der Waals surface area (Å²) in [4.78, 5) is 38.5. The number of carbonyl (C=O) groups excluding carboxylic acids is 3. The van der Waals surface area contributed by atoms with E-state index in [0.717, 1.165) is 21.5 Å². The van der Waals surface area contributed by atoms with Crippen molar-refractivity contribution in [3.05, 3.63) is 63.3 Å². The highest BCUT2D eigenvalue weighted by Crippen LogP contribution is 2.36. The van der Waals surface area contributed by atoms with Gasteiger partial charge in [-0.3, -0.25) is 19.3 Å². The number of hydrogen-bond donors (Lipinski definition) is 1. The van der Waals surface area contributed by atoms with Crippen molar-refractivity contribution in [1.29, 1.82) is 0 Å². The first-order valence-corrected chi connectivity index (χ1v) is 9.23. The zero-order valence-electron chi connectivity index (χ0n) is 14.3. The van der Waals surface area contributed by atoms with Crippen LogP contribution in [0.5, 0.6) is 0 Å². The molecule has 2 aromatic carbocycles. The van der Waals surface area contributed by atoms with Crippen LogP contribution in [0.3, 0.4) is 0 Å². The van der Waals surface area contributed by atoms with Crippen molar-refractivity contribution in [3.63, 3.8) is 0 Å². The maximum atomic E-state index is 13.1. The minimum Gasteiger partial charge on any atom is -0.323 e. The predicted molar refractivity (Wildman–Crippen MR) is 103 cm³/mol. The quantitative estimate of drug-likeness (QED) is 0.714. The van der Waals surface area contributed by atoms with Crippen molar-refractivity contribution in [1.82, 2.24) is 4.90 Å². The van der Waals surface area contributed by atoms with Crippen LogP contribution in [0, 0.1) is 5.82 Å². The van der Waals surface area contributed by atoms with Crippen LogP contribution < -0.4 is 5.32 Å². The van der Waals surface area contributed by atoms with Crippen molar-refractivity contribution < 1.29 is 18.8 Å². The van der Waals surface area contributed by atoms with Gasteiger partial charge in [-0.05, 0) is 42.8 Å². The van der Waals surface area contributed by atoms with E-state index >= 15 is 0 Å². The minimum absolute atomic E-state index is 0.0158. The summed E-state index contributed by atoms with van der Waals surface area (Å²) in [6.07, 6.45) is -0.0158. The number of rotatable bonds is 4. The Morgan fingerprint density at radius 3 is 2.56 bits per heavy atom. The van der Waals surface area contributed by atoms with Crippen LogP contribution in [0.1, 0.15) is 18.9 Å². The third-order valence-electron chi connectivity index (χ3n) is 4.51. The Morgan fingerprint density at radius 1 is 1.26 bits per heavy atom. The van der Waals surface area contributed by atoms with Crippen molar-refractivity contribution in [3.8, 4) is 0 Å². The summed E-state index contributed by atoms with van der Waals surface area (Å²) in [5, 5.41) is 2.52. The molecule has 140 valence electrons. The van der Waals surface area contributed by atoms with E-state index in [1.54, 1.807) is 31.2 Å². The number of halogens is 3. The smallest absolute Gasteiger partial charge is 0.244 e. The number of nitrogens with one attached hydrogen (secondary N) is 1. The number of nitrogens with zero attached hydrogens (tertiary/aromatic N) is 1. The number of benzene rings is 2. The zero-order valence-corrected chi connectivity index (χ0v) is 16.6. The molecular formula is C19H15BrClFN2O3. The molecule has 0 saturated carbocycles. The second-order valence-corrected chi connectivity index (χ2v) is 7.80. The van der Waals surface area contributed by atoms with Gasteiger partial charge in [0.05, 0.1) is 16.1 Å². The van der Waals surface area contributed by atoms with E-state index in [0.29, 0.717) is 5.56 Å². The lowest BCUT2D eigenvalue weighted by Crippen LogP contribution is -2.41.